The molecule has 0 radical (unpaired) electrons. The Morgan fingerprint density at radius 2 is 1.43 bits per heavy atom. The first-order valence-corrected chi connectivity index (χ1v) is 12.0. The van der Waals surface area contributed by atoms with Crippen LogP contribution in [0.25, 0.3) is 60.7 Å². The molecule has 35 heavy (non-hydrogen) atoms. The molecule has 0 saturated heterocycles. The lowest BCUT2D eigenvalue weighted by molar-refractivity contribution is 1.21. The third-order valence-corrected chi connectivity index (χ3v) is 7.92. The summed E-state index contributed by atoms with van der Waals surface area (Å²) in [7, 11) is 0. The van der Waals surface area contributed by atoms with Gasteiger partial charge in [-0.05, 0) is 99.1 Å². The second kappa shape index (κ2) is 6.10. The minimum absolute atomic E-state index is 0.927. The number of hydrogen-bond acceptors (Lipinski definition) is 3. The van der Waals surface area contributed by atoms with E-state index < -0.39 is 0 Å². The zero-order chi connectivity index (χ0) is 22.7. The SMILES string of the molecule is c1ccc2c(c1)Cc1cc3c(cc1-2)-c1cc2c(cc1C3)c1cccnc1n1c3cnccc3nc21. The largest absolute Gasteiger partial charge is 0.274 e. The molecule has 0 atom stereocenters. The quantitative estimate of drug-likeness (QED) is 0.243. The molecule has 4 heteroatoms. The van der Waals surface area contributed by atoms with E-state index in [1.54, 1.807) is 6.20 Å². The van der Waals surface area contributed by atoms with Crippen LogP contribution in [0.1, 0.15) is 22.3 Å². The summed E-state index contributed by atoms with van der Waals surface area (Å²) in [4.78, 5) is 14.2. The van der Waals surface area contributed by atoms with Crippen LogP contribution in [0.15, 0.2) is 85.3 Å². The van der Waals surface area contributed by atoms with E-state index in [2.05, 4.69) is 64.0 Å². The third kappa shape index (κ3) is 2.20. The number of nitrogens with zero attached hydrogens (tertiary/aromatic N) is 4. The Balaban J connectivity index is 1.40. The molecule has 4 heterocycles. The lowest BCUT2D eigenvalue weighted by Gasteiger charge is -2.11. The molecule has 9 rings (SSSR count). The fraction of sp³-hybridized carbons (Fsp3) is 0.0645. The minimum atomic E-state index is 0.927. The minimum Gasteiger partial charge on any atom is -0.274 e. The predicted molar refractivity (Wildman–Crippen MR) is 140 cm³/mol. The van der Waals surface area contributed by atoms with Crippen molar-refractivity contribution in [1.82, 2.24) is 19.4 Å². The normalized spacial score (nSPS) is 13.5. The Kier molecular flexibility index (Phi) is 3.11. The summed E-state index contributed by atoms with van der Waals surface area (Å²) in [6, 6.07) is 24.6. The summed E-state index contributed by atoms with van der Waals surface area (Å²) in [5, 5.41) is 3.52. The van der Waals surface area contributed by atoms with Crippen LogP contribution in [-0.2, 0) is 12.8 Å². The maximum Gasteiger partial charge on any atom is 0.147 e. The highest BCUT2D eigenvalue weighted by atomic mass is 15.1. The van der Waals surface area contributed by atoms with E-state index in [0.29, 0.717) is 0 Å². The fourth-order valence-electron chi connectivity index (χ4n) is 6.39. The monoisotopic (exact) mass is 446 g/mol. The summed E-state index contributed by atoms with van der Waals surface area (Å²) in [5.41, 5.74) is 15.0. The average molecular weight is 447 g/mol. The van der Waals surface area contributed by atoms with Crippen LogP contribution in [0.5, 0.6) is 0 Å². The Labute approximate surface area is 200 Å². The van der Waals surface area contributed by atoms with Crippen molar-refractivity contribution >= 4 is 38.5 Å². The number of hydrogen-bond donors (Lipinski definition) is 0. The summed E-state index contributed by atoms with van der Waals surface area (Å²) in [6.07, 6.45) is 7.55. The Morgan fingerprint density at radius 3 is 2.40 bits per heavy atom. The van der Waals surface area contributed by atoms with Crippen molar-refractivity contribution in [2.75, 3.05) is 0 Å². The van der Waals surface area contributed by atoms with Gasteiger partial charge in [-0.25, -0.2) is 9.97 Å². The third-order valence-electron chi connectivity index (χ3n) is 7.92. The summed E-state index contributed by atoms with van der Waals surface area (Å²) in [6.45, 7) is 0. The molecule has 0 saturated carbocycles. The standard InChI is InChI=1S/C31H18N4/c1-2-5-21-17(4-1)10-18-11-19-12-20-13-26-22-6-3-8-33-30(22)35-29-16-32-9-7-28(29)34-31(35)27(26)15-25(20)24(19)14-23(18)21/h1-9,11,13-16H,10,12H2. The molecule has 2 aliphatic rings. The van der Waals surface area contributed by atoms with Gasteiger partial charge in [0.1, 0.15) is 11.3 Å². The first-order valence-electron chi connectivity index (χ1n) is 12.0. The molecule has 0 unspecified atom stereocenters. The molecule has 162 valence electrons. The van der Waals surface area contributed by atoms with Crippen molar-refractivity contribution in [2.45, 2.75) is 12.8 Å². The van der Waals surface area contributed by atoms with E-state index in [1.165, 1.54) is 49.9 Å². The molecular weight excluding hydrogens is 428 g/mol. The summed E-state index contributed by atoms with van der Waals surface area (Å²) in [5.74, 6) is 0. The molecule has 0 spiro atoms. The van der Waals surface area contributed by atoms with Gasteiger partial charge in [-0.3, -0.25) is 9.38 Å². The van der Waals surface area contributed by atoms with Crippen LogP contribution in [0.4, 0.5) is 0 Å². The van der Waals surface area contributed by atoms with Gasteiger partial charge in [0, 0.05) is 23.2 Å². The molecule has 3 aromatic carbocycles. The van der Waals surface area contributed by atoms with Crippen LogP contribution in [0, 0.1) is 0 Å². The van der Waals surface area contributed by atoms with Crippen LogP contribution in [0.3, 0.4) is 0 Å². The molecule has 0 aliphatic heterocycles. The smallest absolute Gasteiger partial charge is 0.147 e. The van der Waals surface area contributed by atoms with Crippen molar-refractivity contribution in [1.29, 1.82) is 0 Å². The van der Waals surface area contributed by atoms with Crippen molar-refractivity contribution in [3.8, 4) is 22.3 Å². The molecule has 0 amide bonds. The first-order chi connectivity index (χ1) is 17.3. The zero-order valence-electron chi connectivity index (χ0n) is 18.8. The average Bonchev–Trinajstić information content (AvgIpc) is 3.57. The molecule has 4 nitrogen and oxygen atoms in total. The van der Waals surface area contributed by atoms with Crippen molar-refractivity contribution < 1.29 is 0 Å². The van der Waals surface area contributed by atoms with E-state index in [1.807, 2.05) is 24.5 Å². The number of aromatic nitrogens is 4. The molecule has 4 aromatic heterocycles. The van der Waals surface area contributed by atoms with Gasteiger partial charge in [0.2, 0.25) is 0 Å². The van der Waals surface area contributed by atoms with Crippen molar-refractivity contribution in [3.63, 3.8) is 0 Å². The highest BCUT2D eigenvalue weighted by Gasteiger charge is 2.26. The Bertz CT molecular complexity index is 2070. The van der Waals surface area contributed by atoms with E-state index in [9.17, 15) is 0 Å². The number of fused-ring (bicyclic) bond motifs is 14. The van der Waals surface area contributed by atoms with E-state index >= 15 is 0 Å². The Hall–Kier alpha value is -4.57. The lowest BCUT2D eigenvalue weighted by atomic mass is 9.96. The van der Waals surface area contributed by atoms with Gasteiger partial charge in [0.25, 0.3) is 0 Å². The van der Waals surface area contributed by atoms with E-state index in [0.717, 1.165) is 45.9 Å². The van der Waals surface area contributed by atoms with Crippen LogP contribution in [0.2, 0.25) is 0 Å². The highest BCUT2D eigenvalue weighted by Crippen LogP contribution is 2.46. The van der Waals surface area contributed by atoms with Gasteiger partial charge in [0.05, 0.1) is 17.2 Å². The van der Waals surface area contributed by atoms with Gasteiger partial charge in [-0.1, -0.05) is 30.3 Å². The van der Waals surface area contributed by atoms with Crippen molar-refractivity contribution in [2.24, 2.45) is 0 Å². The highest BCUT2D eigenvalue weighted by molar-refractivity contribution is 6.14. The summed E-state index contributed by atoms with van der Waals surface area (Å²) < 4.78 is 2.17. The second-order valence-corrected chi connectivity index (χ2v) is 9.74. The lowest BCUT2D eigenvalue weighted by Crippen LogP contribution is -1.95. The Morgan fingerprint density at radius 1 is 0.600 bits per heavy atom. The van der Waals surface area contributed by atoms with E-state index in [-0.39, 0.29) is 0 Å². The maximum atomic E-state index is 5.05. The van der Waals surface area contributed by atoms with E-state index in [4.69, 9.17) is 9.97 Å². The number of imidazole rings is 1. The van der Waals surface area contributed by atoms with Crippen LogP contribution >= 0.6 is 0 Å². The molecule has 0 bridgehead atoms. The van der Waals surface area contributed by atoms with Crippen LogP contribution in [-0.4, -0.2) is 19.4 Å². The molecular formula is C31H18N4. The fourth-order valence-corrected chi connectivity index (χ4v) is 6.39. The van der Waals surface area contributed by atoms with Gasteiger partial charge in [-0.2, -0.15) is 0 Å². The first kappa shape index (κ1) is 17.8. The molecule has 0 fully saturated rings. The molecule has 7 aromatic rings. The molecule has 2 aliphatic carbocycles. The predicted octanol–water partition coefficient (Wildman–Crippen LogP) is 6.73. The number of benzene rings is 3. The van der Waals surface area contributed by atoms with Gasteiger partial charge >= 0.3 is 0 Å². The van der Waals surface area contributed by atoms with Crippen LogP contribution < -0.4 is 0 Å². The van der Waals surface area contributed by atoms with Gasteiger partial charge < -0.3 is 0 Å². The maximum absolute atomic E-state index is 5.05. The number of pyridine rings is 3. The van der Waals surface area contributed by atoms with Gasteiger partial charge in [-0.15, -0.1) is 0 Å². The van der Waals surface area contributed by atoms with Crippen molar-refractivity contribution in [3.05, 3.63) is 108 Å². The topological polar surface area (TPSA) is 43.1 Å². The zero-order valence-corrected chi connectivity index (χ0v) is 18.8. The number of rotatable bonds is 0. The molecule has 0 N–H and O–H groups in total. The second-order valence-electron chi connectivity index (χ2n) is 9.74. The van der Waals surface area contributed by atoms with Gasteiger partial charge in [0.15, 0.2) is 0 Å². The summed E-state index contributed by atoms with van der Waals surface area (Å²) >= 11 is 0.